The molecular formula is C20H50ClN5OSi2. The van der Waals surface area contributed by atoms with Crippen LogP contribution < -0.4 is 0 Å². The highest BCUT2D eigenvalue weighted by molar-refractivity contribution is 7.15. The molecule has 176 valence electrons. The lowest BCUT2D eigenvalue weighted by molar-refractivity contribution is 0.151. The Morgan fingerprint density at radius 2 is 0.655 bits per heavy atom. The van der Waals surface area contributed by atoms with Gasteiger partial charge in [0.05, 0.1) is 0 Å². The van der Waals surface area contributed by atoms with Gasteiger partial charge in [-0.05, 0) is 65.4 Å². The number of hydrogen-bond donors (Lipinski definition) is 0. The van der Waals surface area contributed by atoms with Gasteiger partial charge in [-0.25, -0.2) is 0 Å². The topological polar surface area (TPSA) is 25.4 Å². The van der Waals surface area contributed by atoms with Gasteiger partial charge in [-0.3, -0.25) is 22.8 Å². The molecule has 0 rings (SSSR count). The number of hydrogen-bond acceptors (Lipinski definition) is 6. The average molecular weight is 468 g/mol. The van der Waals surface area contributed by atoms with Gasteiger partial charge in [0, 0.05) is 0 Å². The van der Waals surface area contributed by atoms with Gasteiger partial charge in [-0.15, -0.1) is 0 Å². The highest BCUT2D eigenvalue weighted by atomic mass is 35.6. The standard InChI is InChI=1S/C20H50ClN5OSi2/c1-11-22(12-2)28(21,23(13-3)14-4)27-29(24(15-5)16-6,25(17-7)18-8)26(19-9)20-10/h11-20H2,1-10H3. The highest BCUT2D eigenvalue weighted by Gasteiger charge is 2.60. The monoisotopic (exact) mass is 467 g/mol. The molecule has 0 amide bonds. The molecule has 0 saturated carbocycles. The Hall–Kier alpha value is 0.484. The number of halogens is 1. The zero-order chi connectivity index (χ0) is 22.7. The summed E-state index contributed by atoms with van der Waals surface area (Å²) in [7, 11) is -5.52. The van der Waals surface area contributed by atoms with E-state index in [9.17, 15) is 0 Å². The van der Waals surface area contributed by atoms with Crippen LogP contribution in [0.2, 0.25) is 0 Å². The van der Waals surface area contributed by atoms with Crippen molar-refractivity contribution in [1.29, 1.82) is 0 Å². The van der Waals surface area contributed by atoms with E-state index in [4.69, 9.17) is 15.2 Å². The maximum absolute atomic E-state index is 7.65. The second-order valence-electron chi connectivity index (χ2n) is 7.07. The largest absolute Gasteiger partial charge is 0.455 e. The lowest BCUT2D eigenvalue weighted by Gasteiger charge is -2.56. The van der Waals surface area contributed by atoms with Crippen LogP contribution in [0, 0.1) is 0 Å². The van der Waals surface area contributed by atoms with Crippen molar-refractivity contribution in [2.75, 3.05) is 65.4 Å². The van der Waals surface area contributed by atoms with Gasteiger partial charge in [0.1, 0.15) is 0 Å². The average Bonchev–Trinajstić information content (AvgIpc) is 2.72. The van der Waals surface area contributed by atoms with Crippen LogP contribution in [0.25, 0.3) is 0 Å². The highest BCUT2D eigenvalue weighted by Crippen LogP contribution is 2.32. The summed E-state index contributed by atoms with van der Waals surface area (Å²) >= 11 is 7.65. The Labute approximate surface area is 189 Å². The summed E-state index contributed by atoms with van der Waals surface area (Å²) in [5, 5.41) is 0. The van der Waals surface area contributed by atoms with E-state index in [-0.39, 0.29) is 0 Å². The Balaban J connectivity index is 6.87. The summed E-state index contributed by atoms with van der Waals surface area (Å²) in [5.74, 6) is 0. The minimum absolute atomic E-state index is 0.905. The van der Waals surface area contributed by atoms with Crippen molar-refractivity contribution in [3.05, 3.63) is 0 Å². The molecule has 9 heteroatoms. The predicted molar refractivity (Wildman–Crippen MR) is 133 cm³/mol. The van der Waals surface area contributed by atoms with Crippen LogP contribution in [0.1, 0.15) is 69.2 Å². The summed E-state index contributed by atoms with van der Waals surface area (Å²) in [5.41, 5.74) is 0. The first kappa shape index (κ1) is 29.5. The molecule has 0 aliphatic carbocycles. The Kier molecular flexibility index (Phi) is 14.8. The molecule has 0 aromatic carbocycles. The molecule has 6 nitrogen and oxygen atoms in total. The predicted octanol–water partition coefficient (Wildman–Crippen LogP) is 3.82. The maximum Gasteiger partial charge on any atom is 0.455 e. The first-order chi connectivity index (χ1) is 13.8. The SMILES string of the molecule is CCN(CC)[Si](Cl)(O[Si](N(CC)CC)(N(CC)CC)N(CC)CC)N(CC)CC. The van der Waals surface area contributed by atoms with Gasteiger partial charge in [-0.1, -0.05) is 80.3 Å². The van der Waals surface area contributed by atoms with Gasteiger partial charge >= 0.3 is 16.8 Å². The minimum atomic E-state index is -2.85. The van der Waals surface area contributed by atoms with Gasteiger partial charge in [0.2, 0.25) is 0 Å². The molecule has 0 saturated heterocycles. The molecule has 29 heavy (non-hydrogen) atoms. The number of nitrogens with zero attached hydrogens (tertiary/aromatic N) is 5. The van der Waals surface area contributed by atoms with E-state index in [1.54, 1.807) is 0 Å². The second-order valence-corrected chi connectivity index (χ2v) is 14.7. The van der Waals surface area contributed by atoms with E-state index in [1.165, 1.54) is 0 Å². The van der Waals surface area contributed by atoms with Crippen molar-refractivity contribution in [2.24, 2.45) is 0 Å². The third-order valence-electron chi connectivity index (χ3n) is 6.10. The van der Waals surface area contributed by atoms with E-state index in [2.05, 4.69) is 92.1 Å². The number of rotatable bonds is 17. The maximum atomic E-state index is 7.65. The van der Waals surface area contributed by atoms with E-state index in [1.807, 2.05) is 0 Å². The molecule has 0 spiro atoms. The first-order valence-electron chi connectivity index (χ1n) is 11.9. The van der Waals surface area contributed by atoms with Crippen molar-refractivity contribution in [2.45, 2.75) is 69.2 Å². The Morgan fingerprint density at radius 1 is 0.448 bits per heavy atom. The Morgan fingerprint density at radius 3 is 0.828 bits per heavy atom. The van der Waals surface area contributed by atoms with Crippen LogP contribution in [0.15, 0.2) is 0 Å². The van der Waals surface area contributed by atoms with Crippen molar-refractivity contribution in [1.82, 2.24) is 22.8 Å². The Bertz CT molecular complexity index is 372. The molecule has 0 unspecified atom stereocenters. The zero-order valence-corrected chi connectivity index (χ0v) is 23.8. The molecule has 0 aliphatic heterocycles. The molecule has 0 fully saturated rings. The molecule has 0 bridgehead atoms. The summed E-state index contributed by atoms with van der Waals surface area (Å²) in [6.45, 7) is 31.8. The van der Waals surface area contributed by atoms with Crippen molar-refractivity contribution in [3.8, 4) is 0 Å². The van der Waals surface area contributed by atoms with Gasteiger partial charge < -0.3 is 4.12 Å². The van der Waals surface area contributed by atoms with Crippen LogP contribution in [-0.4, -0.2) is 105 Å². The lowest BCUT2D eigenvalue weighted by atomic mass is 10.6. The molecule has 0 radical (unpaired) electrons. The summed E-state index contributed by atoms with van der Waals surface area (Å²) in [6, 6.07) is 0. The molecule has 0 aliphatic rings. The van der Waals surface area contributed by atoms with E-state index < -0.39 is 16.8 Å². The molecular weight excluding hydrogens is 418 g/mol. The zero-order valence-electron chi connectivity index (χ0n) is 21.1. The summed E-state index contributed by atoms with van der Waals surface area (Å²) in [4.78, 5) is 0. The fraction of sp³-hybridized carbons (Fsp3) is 1.00. The third-order valence-corrected chi connectivity index (χ3v) is 17.6. The van der Waals surface area contributed by atoms with Crippen LogP contribution in [0.3, 0.4) is 0 Å². The lowest BCUT2D eigenvalue weighted by Crippen LogP contribution is -2.82. The molecule has 0 aromatic heterocycles. The van der Waals surface area contributed by atoms with E-state index in [0.717, 1.165) is 65.4 Å². The fourth-order valence-electron chi connectivity index (χ4n) is 4.43. The van der Waals surface area contributed by atoms with Crippen molar-refractivity contribution >= 4 is 27.8 Å². The fourth-order valence-corrected chi connectivity index (χ4v) is 16.4. The summed E-state index contributed by atoms with van der Waals surface area (Å²) < 4.78 is 20.1. The van der Waals surface area contributed by atoms with Crippen LogP contribution in [0.4, 0.5) is 0 Å². The normalized spacial score (nSPS) is 13.7. The first-order valence-corrected chi connectivity index (χ1v) is 16.5. The van der Waals surface area contributed by atoms with Gasteiger partial charge in [-0.2, -0.15) is 0 Å². The van der Waals surface area contributed by atoms with Gasteiger partial charge in [0.15, 0.2) is 0 Å². The quantitative estimate of drug-likeness (QED) is 0.238. The van der Waals surface area contributed by atoms with Crippen LogP contribution >= 0.6 is 11.1 Å². The summed E-state index contributed by atoms with van der Waals surface area (Å²) in [6.07, 6.45) is 0. The van der Waals surface area contributed by atoms with Crippen molar-refractivity contribution in [3.63, 3.8) is 0 Å². The molecule has 0 heterocycles. The van der Waals surface area contributed by atoms with Gasteiger partial charge in [0.25, 0.3) is 0 Å². The molecule has 0 N–H and O–H groups in total. The minimum Gasteiger partial charge on any atom is -0.385 e. The van der Waals surface area contributed by atoms with E-state index >= 15 is 0 Å². The third kappa shape index (κ3) is 6.26. The molecule has 0 aromatic rings. The van der Waals surface area contributed by atoms with E-state index in [0.29, 0.717) is 0 Å². The van der Waals surface area contributed by atoms with Crippen LogP contribution in [-0.2, 0) is 4.12 Å². The molecule has 0 atom stereocenters. The smallest absolute Gasteiger partial charge is 0.385 e. The second kappa shape index (κ2) is 14.5. The van der Waals surface area contributed by atoms with Crippen molar-refractivity contribution < 1.29 is 4.12 Å². The van der Waals surface area contributed by atoms with Crippen LogP contribution in [0.5, 0.6) is 0 Å².